The number of aliphatic hydroxyl groups excluding tert-OH is 2. The first-order chi connectivity index (χ1) is 22.0. The maximum atomic E-state index is 14.4. The first kappa shape index (κ1) is 28.7. The fourth-order valence-corrected chi connectivity index (χ4v) is 6.53. The second-order valence-electron chi connectivity index (χ2n) is 11.3. The largest absolute Gasteiger partial charge is 0.493 e. The summed E-state index contributed by atoms with van der Waals surface area (Å²) >= 11 is 0. The molecule has 2 aliphatic rings. The number of nitrogens with one attached hydrogen (secondary N) is 2. The summed E-state index contributed by atoms with van der Waals surface area (Å²) in [5.74, 6) is -0.241. The molecular weight excluding hydrogens is 574 g/mol. The molecule has 3 heterocycles. The smallest absolute Gasteiger partial charge is 0.290 e. The molecule has 5 aromatic rings. The van der Waals surface area contributed by atoms with Gasteiger partial charge in [0, 0.05) is 47.2 Å². The zero-order chi connectivity index (χ0) is 31.1. The van der Waals surface area contributed by atoms with Crippen LogP contribution in [0.5, 0.6) is 11.5 Å². The van der Waals surface area contributed by atoms with Crippen LogP contribution in [0.2, 0.25) is 0 Å². The van der Waals surface area contributed by atoms with E-state index in [4.69, 9.17) is 13.9 Å². The highest BCUT2D eigenvalue weighted by Crippen LogP contribution is 2.47. The van der Waals surface area contributed by atoms with Crippen LogP contribution in [0.25, 0.3) is 21.9 Å². The number of benzene rings is 3. The number of nitrogens with zero attached hydrogens (tertiary/aromatic N) is 1. The highest BCUT2D eigenvalue weighted by molar-refractivity contribution is 5.99. The van der Waals surface area contributed by atoms with Crippen molar-refractivity contribution in [2.24, 2.45) is 0 Å². The third-order valence-electron chi connectivity index (χ3n) is 8.64. The number of fused-ring (bicyclic) bond motifs is 5. The molecule has 0 bridgehead atoms. The average Bonchev–Trinajstić information content (AvgIpc) is 3.79. The van der Waals surface area contributed by atoms with E-state index in [2.05, 4.69) is 10.3 Å². The molecule has 2 aromatic heterocycles. The number of ether oxygens (including phenoxy) is 2. The van der Waals surface area contributed by atoms with E-state index < -0.39 is 36.0 Å². The molecule has 0 fully saturated rings. The van der Waals surface area contributed by atoms with Gasteiger partial charge in [0.15, 0.2) is 17.1 Å². The monoisotopic (exact) mass is 607 g/mol. The molecule has 4 N–H and O–H groups in total. The van der Waals surface area contributed by atoms with E-state index in [1.54, 1.807) is 29.2 Å². The Balaban J connectivity index is 1.30. The van der Waals surface area contributed by atoms with Crippen molar-refractivity contribution in [3.05, 3.63) is 108 Å². The number of carbonyl (C=O) groups is 2. The Bertz CT molecular complexity index is 1890. The van der Waals surface area contributed by atoms with Crippen LogP contribution in [0.1, 0.15) is 27.7 Å². The lowest BCUT2D eigenvalue weighted by molar-refractivity contribution is -0.118. The van der Waals surface area contributed by atoms with E-state index >= 15 is 0 Å². The summed E-state index contributed by atoms with van der Waals surface area (Å²) in [5.41, 5.74) is 3.49. The molecule has 2 amide bonds. The lowest BCUT2D eigenvalue weighted by atomic mass is 9.77. The SMILES string of the molecule is COc1cccc2cc(C(=O)N(CCc3cc4ccccc4[nH]3)[C@@H]3C=C(C(=O)NCCO)[C@@H]4c5ccccc5O[C@@H]4[C@H]3O)oc12. The molecule has 0 radical (unpaired) electrons. The standard InChI is InChI=1S/C35H33N3O7/c1-43-28-12-6-8-21-18-29(45-32(21)28)35(42)38(15-13-22-17-20-7-2-4-10-25(20)37-22)26-19-24(34(41)36-14-16-39)30-23-9-3-5-11-27(23)44-33(30)31(26)40/h2-12,17-19,26,30-31,33,37,39-40H,13-16H2,1H3,(H,36,41)/t26-,30+,31+,33+/m1/s1. The van der Waals surface area contributed by atoms with Gasteiger partial charge in [-0.1, -0.05) is 48.5 Å². The van der Waals surface area contributed by atoms with Crippen molar-refractivity contribution in [2.45, 2.75) is 30.6 Å². The van der Waals surface area contributed by atoms with E-state index in [1.165, 1.54) is 7.11 Å². The van der Waals surface area contributed by atoms with Gasteiger partial charge in [0.25, 0.3) is 5.91 Å². The van der Waals surface area contributed by atoms with Crippen LogP contribution in [0, 0.1) is 0 Å². The minimum Gasteiger partial charge on any atom is -0.493 e. The minimum atomic E-state index is -1.16. The molecule has 4 atom stereocenters. The molecule has 1 aliphatic heterocycles. The number of aromatic nitrogens is 1. The quantitative estimate of drug-likeness (QED) is 0.199. The van der Waals surface area contributed by atoms with Gasteiger partial charge in [-0.2, -0.15) is 0 Å². The highest BCUT2D eigenvalue weighted by atomic mass is 16.5. The molecule has 0 saturated carbocycles. The summed E-state index contributed by atoms with van der Waals surface area (Å²) in [6.45, 7) is 0.0396. The van der Waals surface area contributed by atoms with Crippen LogP contribution in [0.4, 0.5) is 0 Å². The predicted molar refractivity (Wildman–Crippen MR) is 167 cm³/mol. The van der Waals surface area contributed by atoms with Crippen LogP contribution < -0.4 is 14.8 Å². The lowest BCUT2D eigenvalue weighted by Gasteiger charge is -2.40. The Morgan fingerprint density at radius 1 is 1.02 bits per heavy atom. The van der Waals surface area contributed by atoms with Gasteiger partial charge in [-0.15, -0.1) is 0 Å². The normalized spacial score (nSPS) is 20.3. The number of para-hydroxylation sites is 3. The van der Waals surface area contributed by atoms with Crippen molar-refractivity contribution in [1.29, 1.82) is 0 Å². The number of carbonyl (C=O) groups excluding carboxylic acids is 2. The van der Waals surface area contributed by atoms with Crippen LogP contribution in [-0.4, -0.2) is 77.0 Å². The second-order valence-corrected chi connectivity index (χ2v) is 11.3. The number of hydrogen-bond donors (Lipinski definition) is 4. The molecule has 230 valence electrons. The Labute approximate surface area is 258 Å². The summed E-state index contributed by atoms with van der Waals surface area (Å²) in [6, 6.07) is 23.5. The molecule has 0 saturated heterocycles. The van der Waals surface area contributed by atoms with Crippen molar-refractivity contribution in [2.75, 3.05) is 26.8 Å². The van der Waals surface area contributed by atoms with Gasteiger partial charge in [0.1, 0.15) is 18.0 Å². The molecule has 0 unspecified atom stereocenters. The molecule has 3 aromatic carbocycles. The van der Waals surface area contributed by atoms with Gasteiger partial charge in [0.2, 0.25) is 5.91 Å². The van der Waals surface area contributed by atoms with Crippen molar-refractivity contribution in [3.63, 3.8) is 0 Å². The Morgan fingerprint density at radius 3 is 2.64 bits per heavy atom. The Hall–Kier alpha value is -5.06. The van der Waals surface area contributed by atoms with Crippen LogP contribution in [0.3, 0.4) is 0 Å². The fraction of sp³-hybridized carbons (Fsp3) is 0.257. The lowest BCUT2D eigenvalue weighted by Crippen LogP contribution is -2.56. The van der Waals surface area contributed by atoms with Crippen molar-refractivity contribution in [3.8, 4) is 11.5 Å². The minimum absolute atomic E-state index is 0.0626. The molecular formula is C35H33N3O7. The van der Waals surface area contributed by atoms with Gasteiger partial charge in [0.05, 0.1) is 25.7 Å². The van der Waals surface area contributed by atoms with E-state index in [0.29, 0.717) is 34.5 Å². The Kier molecular flexibility index (Phi) is 7.52. The van der Waals surface area contributed by atoms with E-state index in [-0.39, 0.29) is 25.5 Å². The summed E-state index contributed by atoms with van der Waals surface area (Å²) in [7, 11) is 1.54. The topological polar surface area (TPSA) is 137 Å². The summed E-state index contributed by atoms with van der Waals surface area (Å²) in [4.78, 5) is 32.9. The first-order valence-corrected chi connectivity index (χ1v) is 15.0. The predicted octanol–water partition coefficient (Wildman–Crippen LogP) is 3.93. The average molecular weight is 608 g/mol. The number of aromatic amines is 1. The third kappa shape index (κ3) is 5.11. The summed E-state index contributed by atoms with van der Waals surface area (Å²) in [6.07, 6.45) is 0.132. The molecule has 10 heteroatoms. The number of methoxy groups -OCH3 is 1. The van der Waals surface area contributed by atoms with E-state index in [9.17, 15) is 19.8 Å². The molecule has 45 heavy (non-hydrogen) atoms. The van der Waals surface area contributed by atoms with Crippen molar-refractivity contribution >= 4 is 33.7 Å². The highest BCUT2D eigenvalue weighted by Gasteiger charge is 2.50. The maximum absolute atomic E-state index is 14.4. The van der Waals surface area contributed by atoms with Gasteiger partial charge in [-0.3, -0.25) is 9.59 Å². The van der Waals surface area contributed by atoms with Gasteiger partial charge >= 0.3 is 0 Å². The van der Waals surface area contributed by atoms with Gasteiger partial charge in [-0.05, 0) is 41.8 Å². The first-order valence-electron chi connectivity index (χ1n) is 15.0. The fourth-order valence-electron chi connectivity index (χ4n) is 6.53. The van der Waals surface area contributed by atoms with E-state index in [1.807, 2.05) is 60.7 Å². The zero-order valence-electron chi connectivity index (χ0n) is 24.6. The number of aliphatic hydroxyl groups is 2. The van der Waals surface area contributed by atoms with Crippen LogP contribution in [-0.2, 0) is 11.2 Å². The number of hydrogen-bond acceptors (Lipinski definition) is 7. The Morgan fingerprint density at radius 2 is 1.82 bits per heavy atom. The zero-order valence-corrected chi connectivity index (χ0v) is 24.6. The molecule has 10 nitrogen and oxygen atoms in total. The van der Waals surface area contributed by atoms with Crippen LogP contribution in [0.15, 0.2) is 94.9 Å². The summed E-state index contributed by atoms with van der Waals surface area (Å²) in [5, 5.41) is 25.8. The molecule has 0 spiro atoms. The second kappa shape index (κ2) is 11.8. The number of H-pyrrole nitrogens is 1. The van der Waals surface area contributed by atoms with Gasteiger partial charge < -0.3 is 39.3 Å². The van der Waals surface area contributed by atoms with Crippen molar-refractivity contribution in [1.82, 2.24) is 15.2 Å². The number of furan rings is 1. The van der Waals surface area contributed by atoms with Crippen LogP contribution >= 0.6 is 0 Å². The molecule has 7 rings (SSSR count). The summed E-state index contributed by atoms with van der Waals surface area (Å²) < 4.78 is 17.8. The maximum Gasteiger partial charge on any atom is 0.290 e. The third-order valence-corrected chi connectivity index (χ3v) is 8.64. The molecule has 1 aliphatic carbocycles. The van der Waals surface area contributed by atoms with Gasteiger partial charge in [-0.25, -0.2) is 0 Å². The van der Waals surface area contributed by atoms with Crippen molar-refractivity contribution < 1.29 is 33.7 Å². The van der Waals surface area contributed by atoms with E-state index in [0.717, 1.165) is 22.2 Å². The number of rotatable bonds is 9. The number of amides is 2.